The van der Waals surface area contributed by atoms with E-state index in [4.69, 9.17) is 5.10 Å². The Morgan fingerprint density at radius 1 is 1.14 bits per heavy atom. The van der Waals surface area contributed by atoms with E-state index >= 15 is 0 Å². The van der Waals surface area contributed by atoms with Crippen molar-refractivity contribution in [3.05, 3.63) is 41.0 Å². The Labute approximate surface area is 209 Å². The summed E-state index contributed by atoms with van der Waals surface area (Å²) in [5, 5.41) is 22.3. The molecule has 0 saturated heterocycles. The molecule has 190 valence electrons. The molecule has 5 rings (SSSR count). The van der Waals surface area contributed by atoms with Gasteiger partial charge in [0, 0.05) is 36.6 Å². The summed E-state index contributed by atoms with van der Waals surface area (Å²) in [6.07, 6.45) is 10.9. The third kappa shape index (κ3) is 5.18. The molecule has 0 unspecified atom stereocenters. The quantitative estimate of drug-likeness (QED) is 0.474. The molecule has 2 N–H and O–H groups in total. The summed E-state index contributed by atoms with van der Waals surface area (Å²) in [5.41, 5.74) is 4.09. The molecular formula is C29H42N4O2. The standard InChI is InChI=1S/C29H42N4O2/c1-19-5-8-24(20(2)15-19)30-25(35)16-21(9-14-34)26-31-32-27(33(26)23-6-7-23)22-17-29(18-22)12-10-28(3,4)11-13-29/h5,8,15,21-23,34H,6-7,9-14,16-18H2,1-4H3,(H,30,35)/t21-/m0/s1. The number of benzene rings is 1. The van der Waals surface area contributed by atoms with Gasteiger partial charge in [-0.25, -0.2) is 0 Å². The van der Waals surface area contributed by atoms with Gasteiger partial charge in [0.2, 0.25) is 5.91 Å². The first kappa shape index (κ1) is 24.5. The van der Waals surface area contributed by atoms with Crippen LogP contribution in [0.2, 0.25) is 0 Å². The Hall–Kier alpha value is -2.21. The van der Waals surface area contributed by atoms with Crippen molar-refractivity contribution in [1.29, 1.82) is 0 Å². The number of hydrogen-bond acceptors (Lipinski definition) is 4. The predicted molar refractivity (Wildman–Crippen MR) is 139 cm³/mol. The molecule has 2 aromatic rings. The summed E-state index contributed by atoms with van der Waals surface area (Å²) in [6.45, 7) is 8.92. The molecule has 1 spiro atoms. The second kappa shape index (κ2) is 9.34. The number of carbonyl (C=O) groups is 1. The third-order valence-corrected chi connectivity index (χ3v) is 8.98. The molecule has 1 aromatic heterocycles. The van der Waals surface area contributed by atoms with Gasteiger partial charge in [0.25, 0.3) is 0 Å². The average molecular weight is 479 g/mol. The molecule has 1 aromatic carbocycles. The van der Waals surface area contributed by atoms with E-state index in [0.29, 0.717) is 35.6 Å². The van der Waals surface area contributed by atoms with Gasteiger partial charge < -0.3 is 15.0 Å². The topological polar surface area (TPSA) is 80.0 Å². The molecule has 3 fully saturated rings. The van der Waals surface area contributed by atoms with Crippen LogP contribution >= 0.6 is 0 Å². The van der Waals surface area contributed by atoms with Crippen molar-refractivity contribution in [3.8, 4) is 0 Å². The first-order valence-electron chi connectivity index (χ1n) is 13.6. The molecule has 6 heteroatoms. The zero-order chi connectivity index (χ0) is 24.8. The Morgan fingerprint density at radius 2 is 1.86 bits per heavy atom. The van der Waals surface area contributed by atoms with Crippen LogP contribution < -0.4 is 5.32 Å². The van der Waals surface area contributed by atoms with Crippen molar-refractivity contribution >= 4 is 11.6 Å². The number of hydrogen-bond donors (Lipinski definition) is 2. The van der Waals surface area contributed by atoms with E-state index in [1.165, 1.54) is 44.1 Å². The van der Waals surface area contributed by atoms with Gasteiger partial charge in [-0.2, -0.15) is 0 Å². The third-order valence-electron chi connectivity index (χ3n) is 8.98. The normalized spacial score (nSPS) is 22.1. The highest BCUT2D eigenvalue weighted by molar-refractivity contribution is 5.92. The van der Waals surface area contributed by atoms with Crippen LogP contribution in [-0.4, -0.2) is 32.4 Å². The largest absolute Gasteiger partial charge is 0.396 e. The van der Waals surface area contributed by atoms with E-state index in [1.54, 1.807) is 0 Å². The van der Waals surface area contributed by atoms with Gasteiger partial charge in [0.05, 0.1) is 0 Å². The van der Waals surface area contributed by atoms with Crippen LogP contribution in [0.4, 0.5) is 5.69 Å². The molecule has 1 atom stereocenters. The number of carbonyl (C=O) groups excluding carboxylic acids is 1. The first-order chi connectivity index (χ1) is 16.7. The van der Waals surface area contributed by atoms with Crippen LogP contribution in [-0.2, 0) is 4.79 Å². The highest BCUT2D eigenvalue weighted by Gasteiger charge is 2.50. The fraction of sp³-hybridized carbons (Fsp3) is 0.690. The molecular weight excluding hydrogens is 436 g/mol. The molecule has 1 heterocycles. The van der Waals surface area contributed by atoms with Crippen LogP contribution in [0.25, 0.3) is 0 Å². The summed E-state index contributed by atoms with van der Waals surface area (Å²) >= 11 is 0. The van der Waals surface area contributed by atoms with Gasteiger partial charge in [-0.15, -0.1) is 10.2 Å². The smallest absolute Gasteiger partial charge is 0.225 e. The zero-order valence-corrected chi connectivity index (χ0v) is 21.9. The summed E-state index contributed by atoms with van der Waals surface area (Å²) in [6, 6.07) is 6.52. The van der Waals surface area contributed by atoms with Crippen LogP contribution in [0.5, 0.6) is 0 Å². The van der Waals surface area contributed by atoms with Crippen LogP contribution in [0.1, 0.15) is 119 Å². The van der Waals surface area contributed by atoms with Crippen LogP contribution in [0, 0.1) is 24.7 Å². The lowest BCUT2D eigenvalue weighted by Gasteiger charge is -2.53. The van der Waals surface area contributed by atoms with Crippen molar-refractivity contribution in [2.45, 2.75) is 110 Å². The highest BCUT2D eigenvalue weighted by Crippen LogP contribution is 2.61. The predicted octanol–water partition coefficient (Wildman–Crippen LogP) is 6.19. The molecule has 1 amide bonds. The second-order valence-corrected chi connectivity index (χ2v) is 12.6. The van der Waals surface area contributed by atoms with Gasteiger partial charge in [0.1, 0.15) is 11.6 Å². The van der Waals surface area contributed by atoms with Crippen LogP contribution in [0.15, 0.2) is 18.2 Å². The summed E-state index contributed by atoms with van der Waals surface area (Å²) in [5.74, 6) is 2.36. The van der Waals surface area contributed by atoms with Crippen molar-refractivity contribution in [3.63, 3.8) is 0 Å². The highest BCUT2D eigenvalue weighted by atomic mass is 16.3. The van der Waals surface area contributed by atoms with Crippen molar-refractivity contribution < 1.29 is 9.90 Å². The second-order valence-electron chi connectivity index (χ2n) is 12.6. The van der Waals surface area contributed by atoms with Crippen LogP contribution in [0.3, 0.4) is 0 Å². The van der Waals surface area contributed by atoms with Crippen molar-refractivity contribution in [2.24, 2.45) is 10.8 Å². The molecule has 3 saturated carbocycles. The minimum absolute atomic E-state index is 0.0327. The summed E-state index contributed by atoms with van der Waals surface area (Å²) in [4.78, 5) is 13.0. The summed E-state index contributed by atoms with van der Waals surface area (Å²) in [7, 11) is 0. The van der Waals surface area contributed by atoms with Crippen molar-refractivity contribution in [1.82, 2.24) is 14.8 Å². The number of anilines is 1. The molecule has 3 aliphatic carbocycles. The molecule has 35 heavy (non-hydrogen) atoms. The Bertz CT molecular complexity index is 1070. The van der Waals surface area contributed by atoms with Gasteiger partial charge in [0.15, 0.2) is 0 Å². The molecule has 0 aliphatic heterocycles. The lowest BCUT2D eigenvalue weighted by molar-refractivity contribution is -0.116. The fourth-order valence-electron chi connectivity index (χ4n) is 6.47. The molecule has 0 bridgehead atoms. The Morgan fingerprint density at radius 3 is 2.49 bits per heavy atom. The molecule has 6 nitrogen and oxygen atoms in total. The fourth-order valence-corrected chi connectivity index (χ4v) is 6.47. The van der Waals surface area contributed by atoms with Gasteiger partial charge in [-0.05, 0) is 94.1 Å². The Kier molecular flexibility index (Phi) is 6.54. The number of amides is 1. The zero-order valence-electron chi connectivity index (χ0n) is 21.9. The van der Waals surface area contributed by atoms with E-state index in [2.05, 4.69) is 41.8 Å². The average Bonchev–Trinajstić information content (AvgIpc) is 3.52. The molecule has 3 aliphatic rings. The van der Waals surface area contributed by atoms with E-state index < -0.39 is 0 Å². The maximum atomic E-state index is 13.0. The monoisotopic (exact) mass is 478 g/mol. The van der Waals surface area contributed by atoms with Gasteiger partial charge in [-0.3, -0.25) is 4.79 Å². The SMILES string of the molecule is Cc1ccc(NC(=O)C[C@H](CCO)c2nnc(C3CC4(CCC(C)(C)CC4)C3)n2C2CC2)c(C)c1. The number of aliphatic hydroxyl groups is 1. The minimum Gasteiger partial charge on any atom is -0.396 e. The lowest BCUT2D eigenvalue weighted by atomic mass is 9.52. The van der Waals surface area contributed by atoms with Gasteiger partial charge >= 0.3 is 0 Å². The number of nitrogens with one attached hydrogen (secondary N) is 1. The maximum Gasteiger partial charge on any atom is 0.225 e. The maximum absolute atomic E-state index is 13.0. The summed E-state index contributed by atoms with van der Waals surface area (Å²) < 4.78 is 2.37. The van der Waals surface area contributed by atoms with E-state index in [9.17, 15) is 9.90 Å². The van der Waals surface area contributed by atoms with Crippen molar-refractivity contribution in [2.75, 3.05) is 11.9 Å². The van der Waals surface area contributed by atoms with E-state index in [-0.39, 0.29) is 18.4 Å². The van der Waals surface area contributed by atoms with Gasteiger partial charge in [-0.1, -0.05) is 31.5 Å². The first-order valence-corrected chi connectivity index (χ1v) is 13.6. The number of aromatic nitrogens is 3. The number of aliphatic hydroxyl groups excluding tert-OH is 1. The lowest BCUT2D eigenvalue weighted by Crippen LogP contribution is -2.41. The van der Waals surface area contributed by atoms with E-state index in [1.807, 2.05) is 19.1 Å². The number of aryl methyl sites for hydroxylation is 2. The number of nitrogens with zero attached hydrogens (tertiary/aromatic N) is 3. The molecule has 0 radical (unpaired) electrons. The number of rotatable bonds is 8. The Balaban J connectivity index is 1.30. The van der Waals surface area contributed by atoms with E-state index in [0.717, 1.165) is 35.7 Å². The minimum atomic E-state index is -0.128.